The molecule has 0 aromatic rings. The zero-order chi connectivity index (χ0) is 14.6. The van der Waals surface area contributed by atoms with Crippen molar-refractivity contribution in [3.8, 4) is 0 Å². The molecule has 1 fully saturated rings. The Balaban J connectivity index is 2.77. The Kier molecular flexibility index (Phi) is 4.15. The summed E-state index contributed by atoms with van der Waals surface area (Å²) in [5.74, 6) is -2.85. The predicted octanol–water partition coefficient (Wildman–Crippen LogP) is 1.86. The number of hydrogen-bond acceptors (Lipinski definition) is 4. The van der Waals surface area contributed by atoms with E-state index in [1.54, 1.807) is 0 Å². The monoisotopic (exact) mass is 350 g/mol. The molecule has 2 aliphatic rings. The number of ether oxygens (including phenoxy) is 2. The highest BCUT2D eigenvalue weighted by atomic mass is 35.5. The normalized spacial score (nSPS) is 44.2. The first-order chi connectivity index (χ1) is 8.83. The van der Waals surface area contributed by atoms with Crippen LogP contribution in [0.2, 0.25) is 0 Å². The molecular weight excluding hydrogens is 338 g/mol. The van der Waals surface area contributed by atoms with Crippen LogP contribution in [0.3, 0.4) is 0 Å². The van der Waals surface area contributed by atoms with Crippen LogP contribution in [-0.2, 0) is 9.47 Å². The Labute approximate surface area is 131 Å². The first kappa shape index (κ1) is 16.1. The molecule has 0 heterocycles. The number of aliphatic hydroxyl groups excluding tert-OH is 2. The zero-order valence-corrected chi connectivity index (χ0v) is 13.3. The summed E-state index contributed by atoms with van der Waals surface area (Å²) in [5, 5.41) is 19.4. The van der Waals surface area contributed by atoms with Gasteiger partial charge in [0.15, 0.2) is 0 Å². The number of fused-ring (bicyclic) bond motifs is 2. The number of hydrogen-bond donors (Lipinski definition) is 2. The van der Waals surface area contributed by atoms with Crippen LogP contribution in [0.1, 0.15) is 0 Å². The van der Waals surface area contributed by atoms with Crippen LogP contribution in [0.15, 0.2) is 10.1 Å². The van der Waals surface area contributed by atoms with E-state index >= 15 is 0 Å². The van der Waals surface area contributed by atoms with Gasteiger partial charge in [-0.1, -0.05) is 23.2 Å². The van der Waals surface area contributed by atoms with Crippen molar-refractivity contribution in [1.29, 1.82) is 0 Å². The van der Waals surface area contributed by atoms with Crippen LogP contribution in [0, 0.1) is 11.8 Å². The van der Waals surface area contributed by atoms with Gasteiger partial charge in [-0.25, -0.2) is 0 Å². The fourth-order valence-corrected chi connectivity index (χ4v) is 5.63. The molecule has 8 heteroatoms. The van der Waals surface area contributed by atoms with E-state index in [1.807, 2.05) is 0 Å². The van der Waals surface area contributed by atoms with Gasteiger partial charge in [0.25, 0.3) is 0 Å². The van der Waals surface area contributed by atoms with Crippen molar-refractivity contribution in [2.45, 2.75) is 15.5 Å². The Morgan fingerprint density at radius 1 is 0.947 bits per heavy atom. The Morgan fingerprint density at radius 3 is 1.47 bits per heavy atom. The van der Waals surface area contributed by atoms with E-state index in [9.17, 15) is 10.2 Å². The van der Waals surface area contributed by atoms with Gasteiger partial charge in [-0.05, 0) is 0 Å². The molecule has 0 aromatic heterocycles. The molecule has 2 rings (SSSR count). The number of halogens is 4. The first-order valence-electron chi connectivity index (χ1n) is 5.59. The lowest BCUT2D eigenvalue weighted by Gasteiger charge is -2.41. The van der Waals surface area contributed by atoms with Crippen molar-refractivity contribution in [1.82, 2.24) is 0 Å². The fraction of sp³-hybridized carbons (Fsp3) is 0.818. The molecule has 2 bridgehead atoms. The number of rotatable bonds is 4. The standard InChI is InChI=1S/C11H14Cl4O4/c1-18-11(19-2)9(14)5(3-16)6(4-17)10(11,15)8(13)7(9)12/h5-6,16-17H,3-4H2,1-2H3/t5-,6-,9-,10+/m1/s1. The van der Waals surface area contributed by atoms with Crippen LogP contribution in [0.25, 0.3) is 0 Å². The maximum Gasteiger partial charge on any atom is 0.217 e. The lowest BCUT2D eigenvalue weighted by molar-refractivity contribution is -0.221. The van der Waals surface area contributed by atoms with Gasteiger partial charge in [0.1, 0.15) is 9.75 Å². The van der Waals surface area contributed by atoms with Gasteiger partial charge in [-0.2, -0.15) is 0 Å². The van der Waals surface area contributed by atoms with E-state index < -0.39 is 27.4 Å². The van der Waals surface area contributed by atoms with Crippen LogP contribution < -0.4 is 0 Å². The van der Waals surface area contributed by atoms with Crippen LogP contribution in [-0.4, -0.2) is 53.2 Å². The SMILES string of the molecule is COC1(OC)[C@@]2(Cl)C(Cl)=C(Cl)[C@]1(Cl)[C@H](CO)[C@H]2CO. The molecule has 0 radical (unpaired) electrons. The molecule has 0 amide bonds. The maximum absolute atomic E-state index is 9.61. The minimum absolute atomic E-state index is 0.0817. The second kappa shape index (κ2) is 4.89. The third-order valence-electron chi connectivity index (χ3n) is 4.27. The smallest absolute Gasteiger partial charge is 0.217 e. The van der Waals surface area contributed by atoms with Crippen molar-refractivity contribution < 1.29 is 19.7 Å². The number of alkyl halides is 2. The summed E-state index contributed by atoms with van der Waals surface area (Å²) in [6, 6.07) is 0. The molecule has 2 N–H and O–H groups in total. The van der Waals surface area contributed by atoms with Crippen LogP contribution in [0.5, 0.6) is 0 Å². The van der Waals surface area contributed by atoms with E-state index in [4.69, 9.17) is 55.9 Å². The summed E-state index contributed by atoms with van der Waals surface area (Å²) in [5.41, 5.74) is 0. The maximum atomic E-state index is 9.61. The molecule has 1 saturated carbocycles. The summed E-state index contributed by atoms with van der Waals surface area (Å²) in [6.45, 7) is -0.671. The summed E-state index contributed by atoms with van der Waals surface area (Å²) < 4.78 is 10.9. The quantitative estimate of drug-likeness (QED) is 0.599. The summed E-state index contributed by atoms with van der Waals surface area (Å²) in [6.07, 6.45) is 0. The summed E-state index contributed by atoms with van der Waals surface area (Å²) in [4.78, 5) is -2.89. The molecule has 0 aliphatic heterocycles. The van der Waals surface area contributed by atoms with E-state index in [0.717, 1.165) is 0 Å². The Bertz CT molecular complexity index is 391. The first-order valence-corrected chi connectivity index (χ1v) is 7.10. The van der Waals surface area contributed by atoms with Crippen molar-refractivity contribution in [3.63, 3.8) is 0 Å². The molecule has 0 unspecified atom stereocenters. The van der Waals surface area contributed by atoms with Gasteiger partial charge in [0, 0.05) is 39.3 Å². The van der Waals surface area contributed by atoms with E-state index in [2.05, 4.69) is 0 Å². The largest absolute Gasteiger partial charge is 0.396 e. The minimum atomic E-state index is -1.56. The number of methoxy groups -OCH3 is 2. The molecule has 4 atom stereocenters. The average Bonchev–Trinajstić information content (AvgIpc) is 2.66. The highest BCUT2D eigenvalue weighted by molar-refractivity contribution is 6.52. The van der Waals surface area contributed by atoms with Gasteiger partial charge in [-0.3, -0.25) is 0 Å². The van der Waals surface area contributed by atoms with Gasteiger partial charge < -0.3 is 19.7 Å². The van der Waals surface area contributed by atoms with E-state index in [0.29, 0.717) is 0 Å². The van der Waals surface area contributed by atoms with Crippen molar-refractivity contribution in [3.05, 3.63) is 10.1 Å². The molecule has 110 valence electrons. The van der Waals surface area contributed by atoms with Gasteiger partial charge >= 0.3 is 0 Å². The summed E-state index contributed by atoms with van der Waals surface area (Å²) in [7, 11) is 2.73. The number of aliphatic hydroxyl groups is 2. The van der Waals surface area contributed by atoms with Gasteiger partial charge in [0.05, 0.1) is 10.1 Å². The molecular formula is C11H14Cl4O4. The topological polar surface area (TPSA) is 58.9 Å². The third kappa shape index (κ3) is 1.42. The Morgan fingerprint density at radius 2 is 1.26 bits per heavy atom. The lowest BCUT2D eigenvalue weighted by atomic mass is 9.83. The lowest BCUT2D eigenvalue weighted by Crippen LogP contribution is -2.57. The molecule has 0 spiro atoms. The van der Waals surface area contributed by atoms with Gasteiger partial charge in [-0.15, -0.1) is 23.2 Å². The fourth-order valence-electron chi connectivity index (χ4n) is 3.42. The molecule has 0 saturated heterocycles. The van der Waals surface area contributed by atoms with Crippen LogP contribution in [0.4, 0.5) is 0 Å². The second-order valence-corrected chi connectivity index (χ2v) is 6.60. The predicted molar refractivity (Wildman–Crippen MR) is 73.8 cm³/mol. The van der Waals surface area contributed by atoms with E-state index in [1.165, 1.54) is 14.2 Å². The zero-order valence-electron chi connectivity index (χ0n) is 10.3. The van der Waals surface area contributed by atoms with Crippen molar-refractivity contribution >= 4 is 46.4 Å². The second-order valence-electron chi connectivity index (χ2n) is 4.65. The molecule has 4 nitrogen and oxygen atoms in total. The average molecular weight is 352 g/mol. The van der Waals surface area contributed by atoms with Gasteiger partial charge in [0.2, 0.25) is 5.79 Å². The Hall–Kier alpha value is 0.740. The highest BCUT2D eigenvalue weighted by Crippen LogP contribution is 2.73. The molecule has 0 aromatic carbocycles. The highest BCUT2D eigenvalue weighted by Gasteiger charge is 2.84. The van der Waals surface area contributed by atoms with Crippen molar-refractivity contribution in [2.24, 2.45) is 11.8 Å². The molecule has 2 aliphatic carbocycles. The van der Waals surface area contributed by atoms with E-state index in [-0.39, 0.29) is 23.3 Å². The van der Waals surface area contributed by atoms with Crippen LogP contribution >= 0.6 is 46.4 Å². The molecule has 19 heavy (non-hydrogen) atoms. The summed E-state index contributed by atoms with van der Waals surface area (Å²) >= 11 is 25.6. The van der Waals surface area contributed by atoms with Crippen molar-refractivity contribution in [2.75, 3.05) is 27.4 Å². The minimum Gasteiger partial charge on any atom is -0.396 e. The third-order valence-corrected chi connectivity index (χ3v) is 6.97.